The normalized spacial score (nSPS) is 20.4. The number of rotatable bonds is 6. The number of carbonyl (C=O) groups is 1. The number of aromatic nitrogens is 4. The molecule has 7 rings (SSSR count). The Hall–Kier alpha value is -3.14. The van der Waals surface area contributed by atoms with Gasteiger partial charge in [-0.1, -0.05) is 11.6 Å². The van der Waals surface area contributed by atoms with Crippen molar-refractivity contribution in [3.63, 3.8) is 0 Å². The highest BCUT2D eigenvalue weighted by molar-refractivity contribution is 6.34. The Balaban J connectivity index is 1.28. The van der Waals surface area contributed by atoms with E-state index >= 15 is 0 Å². The summed E-state index contributed by atoms with van der Waals surface area (Å²) in [6, 6.07) is 8.32. The Labute approximate surface area is 245 Å². The van der Waals surface area contributed by atoms with Gasteiger partial charge >= 0.3 is 0 Å². The number of nitrogens with two attached hydrogens (primary N) is 1. The maximum Gasteiger partial charge on any atom is 0.255 e. The molecule has 3 fully saturated rings. The third-order valence-corrected chi connectivity index (χ3v) is 9.41. The quantitative estimate of drug-likeness (QED) is 0.351. The van der Waals surface area contributed by atoms with Gasteiger partial charge in [0.1, 0.15) is 17.2 Å². The van der Waals surface area contributed by atoms with Crippen molar-refractivity contribution in [2.75, 3.05) is 38.2 Å². The number of ether oxygens (including phenoxy) is 1. The van der Waals surface area contributed by atoms with Crippen LogP contribution in [0.3, 0.4) is 0 Å². The minimum absolute atomic E-state index is 0.0187. The van der Waals surface area contributed by atoms with E-state index in [4.69, 9.17) is 32.2 Å². The van der Waals surface area contributed by atoms with Crippen LogP contribution in [-0.2, 0) is 11.3 Å². The second-order valence-corrected chi connectivity index (χ2v) is 12.5. The SMILES string of the molecule is COC1CCN(c2ccc3cc(-c4nn5cc(C(=O)N6CCCC(N)C6)cc(Cl)c5c4C)n(CC4CC4)c3n2)CC1. The summed E-state index contributed by atoms with van der Waals surface area (Å²) in [7, 11) is 1.80. The molecule has 1 atom stereocenters. The molecule has 0 radical (unpaired) electrons. The number of hydrogen-bond acceptors (Lipinski definition) is 6. The average molecular weight is 576 g/mol. The molecule has 1 unspecified atom stereocenters. The highest BCUT2D eigenvalue weighted by Crippen LogP contribution is 2.38. The van der Waals surface area contributed by atoms with E-state index in [1.165, 1.54) is 12.8 Å². The number of aryl methyl sites for hydroxylation is 1. The first-order chi connectivity index (χ1) is 19.9. The Morgan fingerprint density at radius 3 is 2.66 bits per heavy atom. The number of piperidine rings is 2. The molecule has 2 saturated heterocycles. The number of methoxy groups -OCH3 is 1. The van der Waals surface area contributed by atoms with Crippen LogP contribution in [0.25, 0.3) is 27.9 Å². The molecule has 4 aromatic heterocycles. The molecule has 2 N–H and O–H groups in total. The first-order valence-corrected chi connectivity index (χ1v) is 15.3. The van der Waals surface area contributed by atoms with E-state index in [2.05, 4.69) is 34.6 Å². The zero-order valence-corrected chi connectivity index (χ0v) is 24.6. The molecule has 216 valence electrons. The second-order valence-electron chi connectivity index (χ2n) is 12.1. The zero-order chi connectivity index (χ0) is 28.2. The average Bonchev–Trinajstić information content (AvgIpc) is 3.65. The van der Waals surface area contributed by atoms with Gasteiger partial charge < -0.3 is 24.8 Å². The van der Waals surface area contributed by atoms with Crippen molar-refractivity contribution in [1.29, 1.82) is 0 Å². The van der Waals surface area contributed by atoms with E-state index in [-0.39, 0.29) is 11.9 Å². The number of nitrogens with zero attached hydrogens (tertiary/aromatic N) is 6. The number of likely N-dealkylation sites (tertiary alicyclic amines) is 1. The molecule has 1 aliphatic carbocycles. The molecular weight excluding hydrogens is 538 g/mol. The highest BCUT2D eigenvalue weighted by atomic mass is 35.5. The number of pyridine rings is 2. The van der Waals surface area contributed by atoms with Crippen molar-refractivity contribution in [2.45, 2.75) is 64.1 Å². The van der Waals surface area contributed by atoms with Crippen LogP contribution in [0.5, 0.6) is 0 Å². The standard InChI is InChI=1S/C31H38ClN7O2/c1-19-28(35-39-17-22(14-25(32)29(19)39)31(40)37-11-3-4-23(33)18-37)26-15-21-7-8-27(36-12-9-24(41-2)10-13-36)34-30(21)38(26)16-20-5-6-20/h7-8,14-15,17,20,23-24H,3-6,9-13,16,18,33H2,1-2H3. The fourth-order valence-corrected chi connectivity index (χ4v) is 6.91. The van der Waals surface area contributed by atoms with Crippen molar-refractivity contribution in [3.05, 3.63) is 46.6 Å². The topological polar surface area (TPSA) is 93.9 Å². The Morgan fingerprint density at radius 2 is 1.93 bits per heavy atom. The Kier molecular flexibility index (Phi) is 6.92. The predicted octanol–water partition coefficient (Wildman–Crippen LogP) is 4.90. The number of anilines is 1. The van der Waals surface area contributed by atoms with Crippen LogP contribution in [0, 0.1) is 12.8 Å². The number of hydrogen-bond donors (Lipinski definition) is 1. The maximum atomic E-state index is 13.3. The number of carbonyl (C=O) groups excluding carboxylic acids is 1. The monoisotopic (exact) mass is 575 g/mol. The predicted molar refractivity (Wildman–Crippen MR) is 162 cm³/mol. The summed E-state index contributed by atoms with van der Waals surface area (Å²) >= 11 is 6.83. The molecule has 9 nitrogen and oxygen atoms in total. The van der Waals surface area contributed by atoms with E-state index in [0.717, 1.165) is 84.6 Å². The molecule has 0 spiro atoms. The van der Waals surface area contributed by atoms with Gasteiger partial charge in [0, 0.05) is 63.0 Å². The maximum absolute atomic E-state index is 13.3. The van der Waals surface area contributed by atoms with Crippen LogP contribution in [0.1, 0.15) is 54.4 Å². The van der Waals surface area contributed by atoms with Crippen molar-refractivity contribution < 1.29 is 9.53 Å². The van der Waals surface area contributed by atoms with E-state index in [1.54, 1.807) is 17.7 Å². The highest BCUT2D eigenvalue weighted by Gasteiger charge is 2.28. The summed E-state index contributed by atoms with van der Waals surface area (Å²) in [6.45, 7) is 6.15. The zero-order valence-electron chi connectivity index (χ0n) is 23.9. The van der Waals surface area contributed by atoms with Gasteiger partial charge in [0.05, 0.1) is 27.9 Å². The molecular formula is C31H38ClN7O2. The van der Waals surface area contributed by atoms with Crippen molar-refractivity contribution in [1.82, 2.24) is 24.1 Å². The van der Waals surface area contributed by atoms with Crippen molar-refractivity contribution in [3.8, 4) is 11.4 Å². The number of amides is 1. The molecule has 2 aliphatic heterocycles. The molecule has 0 bridgehead atoms. The lowest BCUT2D eigenvalue weighted by atomic mass is 10.1. The fourth-order valence-electron chi connectivity index (χ4n) is 6.56. The Bertz CT molecular complexity index is 1620. The third-order valence-electron chi connectivity index (χ3n) is 9.12. The van der Waals surface area contributed by atoms with Gasteiger partial charge in [-0.25, -0.2) is 9.50 Å². The second kappa shape index (κ2) is 10.6. The lowest BCUT2D eigenvalue weighted by molar-refractivity contribution is 0.0708. The molecule has 10 heteroatoms. The van der Waals surface area contributed by atoms with E-state index < -0.39 is 0 Å². The van der Waals surface area contributed by atoms with Crippen LogP contribution in [0.4, 0.5) is 5.82 Å². The third kappa shape index (κ3) is 4.98. The van der Waals surface area contributed by atoms with Gasteiger partial charge in [-0.3, -0.25) is 4.79 Å². The molecule has 3 aliphatic rings. The molecule has 1 saturated carbocycles. The van der Waals surface area contributed by atoms with E-state index in [0.29, 0.717) is 35.7 Å². The molecule has 4 aromatic rings. The lowest BCUT2D eigenvalue weighted by Crippen LogP contribution is -2.45. The minimum atomic E-state index is -0.0484. The summed E-state index contributed by atoms with van der Waals surface area (Å²) in [5, 5.41) is 6.66. The number of halogens is 1. The molecule has 1 amide bonds. The summed E-state index contributed by atoms with van der Waals surface area (Å²) < 4.78 is 9.70. The van der Waals surface area contributed by atoms with Gasteiger partial charge in [0.15, 0.2) is 0 Å². The van der Waals surface area contributed by atoms with Crippen LogP contribution in [-0.4, -0.2) is 75.4 Å². The van der Waals surface area contributed by atoms with Gasteiger partial charge in [-0.2, -0.15) is 5.10 Å². The largest absolute Gasteiger partial charge is 0.381 e. The molecule has 0 aromatic carbocycles. The molecule has 6 heterocycles. The van der Waals surface area contributed by atoms with Crippen LogP contribution >= 0.6 is 11.6 Å². The van der Waals surface area contributed by atoms with Crippen LogP contribution < -0.4 is 10.6 Å². The summed E-state index contributed by atoms with van der Waals surface area (Å²) in [6.07, 6.45) is 8.52. The summed E-state index contributed by atoms with van der Waals surface area (Å²) in [5.41, 5.74) is 11.4. The summed E-state index contributed by atoms with van der Waals surface area (Å²) in [4.78, 5) is 22.7. The molecule has 41 heavy (non-hydrogen) atoms. The summed E-state index contributed by atoms with van der Waals surface area (Å²) in [5.74, 6) is 1.63. The van der Waals surface area contributed by atoms with Gasteiger partial charge in [-0.05, 0) is 75.6 Å². The van der Waals surface area contributed by atoms with Crippen LogP contribution in [0.2, 0.25) is 5.02 Å². The first kappa shape index (κ1) is 26.7. The lowest BCUT2D eigenvalue weighted by Gasteiger charge is -2.32. The van der Waals surface area contributed by atoms with Crippen molar-refractivity contribution >= 4 is 39.9 Å². The smallest absolute Gasteiger partial charge is 0.255 e. The fraction of sp³-hybridized carbons (Fsp3) is 0.516. The van der Waals surface area contributed by atoms with E-state index in [1.807, 2.05) is 11.1 Å². The minimum Gasteiger partial charge on any atom is -0.381 e. The van der Waals surface area contributed by atoms with Gasteiger partial charge in [0.25, 0.3) is 5.91 Å². The number of fused-ring (bicyclic) bond motifs is 2. The van der Waals surface area contributed by atoms with E-state index in [9.17, 15) is 4.79 Å². The first-order valence-electron chi connectivity index (χ1n) is 14.9. The van der Waals surface area contributed by atoms with Crippen molar-refractivity contribution in [2.24, 2.45) is 11.7 Å². The van der Waals surface area contributed by atoms with Gasteiger partial charge in [-0.15, -0.1) is 0 Å². The van der Waals surface area contributed by atoms with Gasteiger partial charge in [0.2, 0.25) is 0 Å². The Morgan fingerprint density at radius 1 is 1.12 bits per heavy atom. The van der Waals surface area contributed by atoms with Crippen LogP contribution in [0.15, 0.2) is 30.5 Å².